The zero-order valence-electron chi connectivity index (χ0n) is 16.3. The van der Waals surface area contributed by atoms with Gasteiger partial charge in [0.2, 0.25) is 0 Å². The molecule has 28 heavy (non-hydrogen) atoms. The molecule has 0 spiro atoms. The van der Waals surface area contributed by atoms with Crippen LogP contribution in [0.15, 0.2) is 18.2 Å². The molecule has 8 heteroatoms. The highest BCUT2D eigenvalue weighted by Crippen LogP contribution is 2.39. The van der Waals surface area contributed by atoms with Crippen molar-refractivity contribution in [2.75, 3.05) is 20.3 Å². The molecular formula is C20H27F2NO5. The lowest BCUT2D eigenvalue weighted by Crippen LogP contribution is -2.40. The summed E-state index contributed by atoms with van der Waals surface area (Å²) in [6.07, 6.45) is 4.99. The standard InChI is InChI=1S/C20H27F2NO5/c1-3-27-17(24)12-20(9-5-4-6-10-20)13-23-18(25)14-7-8-15(26-2)16(11-14)28-19(21)22/h7-8,11,19H,3-6,9-10,12-13H2,1-2H3,(H,23,25). The van der Waals surface area contributed by atoms with Gasteiger partial charge in [0.05, 0.1) is 20.1 Å². The van der Waals surface area contributed by atoms with Crippen molar-refractivity contribution in [1.29, 1.82) is 0 Å². The molecule has 1 N–H and O–H groups in total. The van der Waals surface area contributed by atoms with Crippen molar-refractivity contribution in [3.05, 3.63) is 23.8 Å². The topological polar surface area (TPSA) is 73.9 Å². The number of amides is 1. The number of nitrogens with one attached hydrogen (secondary N) is 1. The number of benzene rings is 1. The average molecular weight is 399 g/mol. The number of hydrogen-bond acceptors (Lipinski definition) is 5. The summed E-state index contributed by atoms with van der Waals surface area (Å²) in [5.74, 6) is -0.779. The molecule has 1 fully saturated rings. The van der Waals surface area contributed by atoms with Crippen LogP contribution in [0.2, 0.25) is 0 Å². The van der Waals surface area contributed by atoms with Crippen LogP contribution in [0.25, 0.3) is 0 Å². The van der Waals surface area contributed by atoms with Crippen LogP contribution >= 0.6 is 0 Å². The summed E-state index contributed by atoms with van der Waals surface area (Å²) >= 11 is 0. The fourth-order valence-corrected chi connectivity index (χ4v) is 3.61. The Balaban J connectivity index is 2.08. The van der Waals surface area contributed by atoms with Gasteiger partial charge < -0.3 is 19.5 Å². The van der Waals surface area contributed by atoms with Gasteiger partial charge in [-0.25, -0.2) is 0 Å². The number of methoxy groups -OCH3 is 1. The van der Waals surface area contributed by atoms with Gasteiger partial charge in [0.1, 0.15) is 0 Å². The second-order valence-electron chi connectivity index (χ2n) is 6.97. The van der Waals surface area contributed by atoms with E-state index in [2.05, 4.69) is 10.1 Å². The second-order valence-corrected chi connectivity index (χ2v) is 6.97. The van der Waals surface area contributed by atoms with Gasteiger partial charge in [0.15, 0.2) is 11.5 Å². The third kappa shape index (κ3) is 6.07. The van der Waals surface area contributed by atoms with E-state index in [-0.39, 0.29) is 34.9 Å². The van der Waals surface area contributed by atoms with Crippen molar-refractivity contribution in [3.8, 4) is 11.5 Å². The number of hydrogen-bond donors (Lipinski definition) is 1. The van der Waals surface area contributed by atoms with E-state index in [9.17, 15) is 18.4 Å². The van der Waals surface area contributed by atoms with Crippen molar-refractivity contribution < 1.29 is 32.6 Å². The molecule has 0 saturated heterocycles. The maximum Gasteiger partial charge on any atom is 0.387 e. The zero-order valence-corrected chi connectivity index (χ0v) is 16.3. The summed E-state index contributed by atoms with van der Waals surface area (Å²) in [5, 5.41) is 2.84. The molecule has 0 bridgehead atoms. The van der Waals surface area contributed by atoms with Gasteiger partial charge in [-0.1, -0.05) is 19.3 Å². The van der Waals surface area contributed by atoms with Gasteiger partial charge in [-0.2, -0.15) is 8.78 Å². The largest absolute Gasteiger partial charge is 0.493 e. The summed E-state index contributed by atoms with van der Waals surface area (Å²) in [7, 11) is 1.33. The van der Waals surface area contributed by atoms with E-state index in [0.717, 1.165) is 32.1 Å². The first-order valence-electron chi connectivity index (χ1n) is 9.46. The Morgan fingerprint density at radius 2 is 1.89 bits per heavy atom. The molecule has 2 rings (SSSR count). The average Bonchev–Trinajstić information content (AvgIpc) is 2.66. The van der Waals surface area contributed by atoms with Gasteiger partial charge in [0, 0.05) is 12.1 Å². The molecule has 0 aliphatic heterocycles. The summed E-state index contributed by atoms with van der Waals surface area (Å²) in [5.41, 5.74) is -0.159. The quantitative estimate of drug-likeness (QED) is 0.637. The van der Waals surface area contributed by atoms with E-state index in [0.29, 0.717) is 13.2 Å². The molecule has 6 nitrogen and oxygen atoms in total. The first-order valence-corrected chi connectivity index (χ1v) is 9.46. The smallest absolute Gasteiger partial charge is 0.387 e. The molecule has 1 amide bonds. The maximum atomic E-state index is 12.6. The van der Waals surface area contributed by atoms with Gasteiger partial charge in [-0.05, 0) is 43.4 Å². The number of alkyl halides is 2. The van der Waals surface area contributed by atoms with E-state index >= 15 is 0 Å². The van der Waals surface area contributed by atoms with E-state index in [1.54, 1.807) is 6.92 Å². The number of ether oxygens (including phenoxy) is 3. The van der Waals surface area contributed by atoms with Crippen molar-refractivity contribution in [1.82, 2.24) is 5.32 Å². The minimum Gasteiger partial charge on any atom is -0.493 e. The van der Waals surface area contributed by atoms with Crippen LogP contribution in [-0.4, -0.2) is 38.7 Å². The lowest BCUT2D eigenvalue weighted by molar-refractivity contribution is -0.146. The number of esters is 1. The fourth-order valence-electron chi connectivity index (χ4n) is 3.61. The minimum atomic E-state index is -3.03. The third-order valence-electron chi connectivity index (χ3n) is 5.00. The highest BCUT2D eigenvalue weighted by atomic mass is 19.3. The van der Waals surface area contributed by atoms with Crippen LogP contribution in [0.5, 0.6) is 11.5 Å². The van der Waals surface area contributed by atoms with Gasteiger partial charge in [-0.3, -0.25) is 9.59 Å². The Hall–Kier alpha value is -2.38. The number of carbonyl (C=O) groups is 2. The lowest BCUT2D eigenvalue weighted by atomic mass is 9.71. The SMILES string of the molecule is CCOC(=O)CC1(CNC(=O)c2ccc(OC)c(OC(F)F)c2)CCCCC1. The van der Waals surface area contributed by atoms with Crippen molar-refractivity contribution in [2.45, 2.75) is 52.1 Å². The van der Waals surface area contributed by atoms with Crippen molar-refractivity contribution in [3.63, 3.8) is 0 Å². The van der Waals surface area contributed by atoms with Gasteiger partial charge in [-0.15, -0.1) is 0 Å². The first-order chi connectivity index (χ1) is 13.4. The number of halogens is 2. The summed E-state index contributed by atoms with van der Waals surface area (Å²) in [6, 6.07) is 4.10. The maximum absolute atomic E-state index is 12.6. The summed E-state index contributed by atoms with van der Waals surface area (Å²) < 4.78 is 39.6. The molecule has 0 aromatic heterocycles. The molecule has 0 radical (unpaired) electrons. The normalized spacial score (nSPS) is 15.8. The van der Waals surface area contributed by atoms with E-state index in [1.165, 1.54) is 25.3 Å². The molecule has 1 saturated carbocycles. The van der Waals surface area contributed by atoms with Crippen LogP contribution in [0.3, 0.4) is 0 Å². The molecule has 0 unspecified atom stereocenters. The van der Waals surface area contributed by atoms with Gasteiger partial charge >= 0.3 is 12.6 Å². The van der Waals surface area contributed by atoms with Crippen molar-refractivity contribution >= 4 is 11.9 Å². The van der Waals surface area contributed by atoms with Crippen LogP contribution in [0.4, 0.5) is 8.78 Å². The molecular weight excluding hydrogens is 372 g/mol. The molecule has 0 atom stereocenters. The number of carbonyl (C=O) groups excluding carboxylic acids is 2. The lowest BCUT2D eigenvalue weighted by Gasteiger charge is -2.36. The molecule has 1 aliphatic carbocycles. The predicted molar refractivity (Wildman–Crippen MR) is 98.7 cm³/mol. The number of rotatable bonds is 9. The van der Waals surface area contributed by atoms with E-state index < -0.39 is 12.5 Å². The van der Waals surface area contributed by atoms with Crippen LogP contribution in [0, 0.1) is 5.41 Å². The van der Waals surface area contributed by atoms with E-state index in [4.69, 9.17) is 9.47 Å². The molecule has 1 aromatic carbocycles. The summed E-state index contributed by atoms with van der Waals surface area (Å²) in [4.78, 5) is 24.6. The Bertz CT molecular complexity index is 675. The Kier molecular flexibility index (Phi) is 8.02. The zero-order chi connectivity index (χ0) is 20.6. The Morgan fingerprint density at radius 1 is 1.18 bits per heavy atom. The monoisotopic (exact) mass is 399 g/mol. The molecule has 1 aliphatic rings. The predicted octanol–water partition coefficient (Wildman–Crippen LogP) is 3.93. The Morgan fingerprint density at radius 3 is 2.50 bits per heavy atom. The third-order valence-corrected chi connectivity index (χ3v) is 5.00. The molecule has 1 aromatic rings. The van der Waals surface area contributed by atoms with Crippen LogP contribution in [0.1, 0.15) is 55.8 Å². The fraction of sp³-hybridized carbons (Fsp3) is 0.600. The summed E-state index contributed by atoms with van der Waals surface area (Å²) in [6.45, 7) is -0.625. The molecule has 0 heterocycles. The Labute approximate surface area is 163 Å². The highest BCUT2D eigenvalue weighted by Gasteiger charge is 2.35. The molecule has 156 valence electrons. The second kappa shape index (κ2) is 10.2. The highest BCUT2D eigenvalue weighted by molar-refractivity contribution is 5.95. The van der Waals surface area contributed by atoms with Gasteiger partial charge in [0.25, 0.3) is 5.91 Å². The van der Waals surface area contributed by atoms with E-state index in [1.807, 2.05) is 0 Å². The van der Waals surface area contributed by atoms with Crippen LogP contribution < -0.4 is 14.8 Å². The van der Waals surface area contributed by atoms with Crippen molar-refractivity contribution in [2.24, 2.45) is 5.41 Å². The first kappa shape index (κ1) is 21.9. The minimum absolute atomic E-state index is 0.114. The van der Waals surface area contributed by atoms with Crippen LogP contribution in [-0.2, 0) is 9.53 Å².